The van der Waals surface area contributed by atoms with Crippen LogP contribution in [-0.4, -0.2) is 7.11 Å². The Morgan fingerprint density at radius 2 is 1.94 bits per heavy atom. The van der Waals surface area contributed by atoms with Gasteiger partial charge >= 0.3 is 0 Å². The predicted molar refractivity (Wildman–Crippen MR) is 66.7 cm³/mol. The minimum absolute atomic E-state index is 0.156. The van der Waals surface area contributed by atoms with Gasteiger partial charge in [0.05, 0.1) is 18.8 Å². The predicted octanol–water partition coefficient (Wildman–Crippen LogP) is 3.06. The fourth-order valence-corrected chi connectivity index (χ4v) is 1.88. The fourth-order valence-electron chi connectivity index (χ4n) is 1.88. The Labute approximate surface area is 102 Å². The van der Waals surface area contributed by atoms with Crippen LogP contribution in [0, 0.1) is 0 Å². The molecule has 0 unspecified atom stereocenters. The maximum atomic E-state index is 12.2. The Hall–Kier alpha value is -2.49. The second kappa shape index (κ2) is 4.07. The third-order valence-corrected chi connectivity index (χ3v) is 2.71. The zero-order chi connectivity index (χ0) is 12.5. The van der Waals surface area contributed by atoms with Crippen LogP contribution in [0.4, 0.5) is 0 Å². The maximum Gasteiger partial charge on any atom is 0.235 e. The highest BCUT2D eigenvalue weighted by Gasteiger charge is 2.18. The smallest absolute Gasteiger partial charge is 0.235 e. The fraction of sp³-hybridized carbons (Fsp3) is 0.0714. The van der Waals surface area contributed by atoms with E-state index in [1.807, 2.05) is 6.07 Å². The number of benzene rings is 1. The summed E-state index contributed by atoms with van der Waals surface area (Å²) >= 11 is 0. The highest BCUT2D eigenvalue weighted by atomic mass is 16.5. The third kappa shape index (κ3) is 1.50. The van der Waals surface area contributed by atoms with E-state index in [0.717, 1.165) is 0 Å². The van der Waals surface area contributed by atoms with E-state index < -0.39 is 0 Å². The zero-order valence-electron chi connectivity index (χ0n) is 9.67. The van der Waals surface area contributed by atoms with Gasteiger partial charge in [-0.1, -0.05) is 12.1 Å². The topological polar surface area (TPSA) is 52.6 Å². The summed E-state index contributed by atoms with van der Waals surface area (Å²) in [6.45, 7) is 0. The standard InChI is InChI=1S/C14H10O4/c1-16-14-12(15)9-5-2-3-6-10(9)18-13(14)11-7-4-8-17-11/h2-8H,1H3. The lowest BCUT2D eigenvalue weighted by atomic mass is 10.2. The normalized spacial score (nSPS) is 10.7. The number of para-hydroxylation sites is 1. The molecule has 0 spiro atoms. The summed E-state index contributed by atoms with van der Waals surface area (Å²) in [5.74, 6) is 0.935. The molecule has 0 aliphatic carbocycles. The molecule has 2 heterocycles. The van der Waals surface area contributed by atoms with Crippen molar-refractivity contribution < 1.29 is 13.6 Å². The van der Waals surface area contributed by atoms with Crippen LogP contribution < -0.4 is 10.2 Å². The van der Waals surface area contributed by atoms with Crippen molar-refractivity contribution in [1.29, 1.82) is 0 Å². The van der Waals surface area contributed by atoms with Gasteiger partial charge in [-0.05, 0) is 24.3 Å². The van der Waals surface area contributed by atoms with E-state index in [-0.39, 0.29) is 11.2 Å². The van der Waals surface area contributed by atoms with Crippen molar-refractivity contribution in [3.63, 3.8) is 0 Å². The SMILES string of the molecule is COc1c(-c2ccco2)oc2ccccc2c1=O. The zero-order valence-corrected chi connectivity index (χ0v) is 9.67. The highest BCUT2D eigenvalue weighted by molar-refractivity contribution is 5.81. The van der Waals surface area contributed by atoms with Gasteiger partial charge in [-0.3, -0.25) is 4.79 Å². The van der Waals surface area contributed by atoms with E-state index in [4.69, 9.17) is 13.6 Å². The lowest BCUT2D eigenvalue weighted by Crippen LogP contribution is -2.07. The Bertz CT molecular complexity index is 738. The molecule has 1 aromatic carbocycles. The number of rotatable bonds is 2. The maximum absolute atomic E-state index is 12.2. The number of ether oxygens (including phenoxy) is 1. The monoisotopic (exact) mass is 242 g/mol. The van der Waals surface area contributed by atoms with Gasteiger partial charge in [0.25, 0.3) is 0 Å². The van der Waals surface area contributed by atoms with Crippen LogP contribution in [0.1, 0.15) is 0 Å². The minimum Gasteiger partial charge on any atom is -0.489 e. The molecule has 4 heteroatoms. The molecule has 0 saturated carbocycles. The quantitative estimate of drug-likeness (QED) is 0.693. The first-order valence-corrected chi connectivity index (χ1v) is 5.45. The molecule has 18 heavy (non-hydrogen) atoms. The number of fused-ring (bicyclic) bond motifs is 1. The molecule has 0 amide bonds. The van der Waals surface area contributed by atoms with E-state index in [1.54, 1.807) is 30.3 Å². The van der Waals surface area contributed by atoms with E-state index in [0.29, 0.717) is 22.5 Å². The van der Waals surface area contributed by atoms with Crippen molar-refractivity contribution in [2.75, 3.05) is 7.11 Å². The number of hydrogen-bond donors (Lipinski definition) is 0. The number of furan rings is 1. The van der Waals surface area contributed by atoms with E-state index in [9.17, 15) is 4.79 Å². The summed E-state index contributed by atoms with van der Waals surface area (Å²) in [6.07, 6.45) is 1.52. The second-order valence-corrected chi connectivity index (χ2v) is 3.77. The molecule has 3 rings (SSSR count). The summed E-state index contributed by atoms with van der Waals surface area (Å²) in [5, 5.41) is 0.490. The van der Waals surface area contributed by atoms with Crippen molar-refractivity contribution in [1.82, 2.24) is 0 Å². The van der Waals surface area contributed by atoms with E-state index in [1.165, 1.54) is 13.4 Å². The molecule has 4 nitrogen and oxygen atoms in total. The lowest BCUT2D eigenvalue weighted by molar-refractivity contribution is 0.394. The summed E-state index contributed by atoms with van der Waals surface area (Å²) in [6, 6.07) is 10.5. The van der Waals surface area contributed by atoms with Crippen molar-refractivity contribution in [2.45, 2.75) is 0 Å². The third-order valence-electron chi connectivity index (χ3n) is 2.71. The Morgan fingerprint density at radius 3 is 2.67 bits per heavy atom. The van der Waals surface area contributed by atoms with Gasteiger partial charge in [0.15, 0.2) is 5.76 Å². The average molecular weight is 242 g/mol. The number of methoxy groups -OCH3 is 1. The number of hydrogen-bond acceptors (Lipinski definition) is 4. The molecular weight excluding hydrogens is 232 g/mol. The Morgan fingerprint density at radius 1 is 1.11 bits per heavy atom. The van der Waals surface area contributed by atoms with Gasteiger partial charge in [-0.25, -0.2) is 0 Å². The van der Waals surface area contributed by atoms with Crippen molar-refractivity contribution in [3.8, 4) is 17.3 Å². The molecule has 0 aliphatic rings. The Balaban J connectivity index is 2.42. The molecule has 3 aromatic rings. The first-order chi connectivity index (χ1) is 8.81. The van der Waals surface area contributed by atoms with Crippen molar-refractivity contribution in [3.05, 3.63) is 52.9 Å². The largest absolute Gasteiger partial charge is 0.489 e. The summed E-state index contributed by atoms with van der Waals surface area (Å²) in [7, 11) is 1.44. The van der Waals surface area contributed by atoms with Gasteiger partial charge in [-0.15, -0.1) is 0 Å². The summed E-state index contributed by atoms with van der Waals surface area (Å²) < 4.78 is 16.1. The molecule has 0 atom stereocenters. The van der Waals surface area contributed by atoms with Crippen LogP contribution in [0.5, 0.6) is 5.75 Å². The van der Waals surface area contributed by atoms with Gasteiger partial charge in [0.1, 0.15) is 5.58 Å². The van der Waals surface area contributed by atoms with Gasteiger partial charge in [-0.2, -0.15) is 0 Å². The van der Waals surface area contributed by atoms with Crippen LogP contribution in [0.3, 0.4) is 0 Å². The van der Waals surface area contributed by atoms with E-state index in [2.05, 4.69) is 0 Å². The molecule has 0 fully saturated rings. The second-order valence-electron chi connectivity index (χ2n) is 3.77. The highest BCUT2D eigenvalue weighted by Crippen LogP contribution is 2.30. The van der Waals surface area contributed by atoms with Crippen LogP contribution in [-0.2, 0) is 0 Å². The minimum atomic E-state index is -0.203. The average Bonchev–Trinajstić information content (AvgIpc) is 2.92. The molecule has 90 valence electrons. The van der Waals surface area contributed by atoms with Crippen LogP contribution >= 0.6 is 0 Å². The van der Waals surface area contributed by atoms with Crippen molar-refractivity contribution in [2.24, 2.45) is 0 Å². The molecule has 0 saturated heterocycles. The van der Waals surface area contributed by atoms with Crippen LogP contribution in [0.25, 0.3) is 22.5 Å². The Kier molecular flexibility index (Phi) is 2.41. The van der Waals surface area contributed by atoms with Crippen LogP contribution in [0.2, 0.25) is 0 Å². The molecule has 0 bridgehead atoms. The van der Waals surface area contributed by atoms with Crippen molar-refractivity contribution >= 4 is 11.0 Å². The van der Waals surface area contributed by atoms with E-state index >= 15 is 0 Å². The summed E-state index contributed by atoms with van der Waals surface area (Å²) in [4.78, 5) is 12.2. The van der Waals surface area contributed by atoms with Gasteiger partial charge < -0.3 is 13.6 Å². The molecule has 2 aromatic heterocycles. The molecular formula is C14H10O4. The van der Waals surface area contributed by atoms with Gasteiger partial charge in [0.2, 0.25) is 16.9 Å². The molecule has 0 N–H and O–H groups in total. The summed E-state index contributed by atoms with van der Waals surface area (Å²) in [5.41, 5.74) is 0.306. The van der Waals surface area contributed by atoms with Gasteiger partial charge in [0, 0.05) is 0 Å². The van der Waals surface area contributed by atoms with Crippen LogP contribution in [0.15, 0.2) is 56.3 Å². The molecule has 0 radical (unpaired) electrons. The first-order valence-electron chi connectivity index (χ1n) is 5.45. The first kappa shape index (κ1) is 10.7. The lowest BCUT2D eigenvalue weighted by Gasteiger charge is -2.06. The molecule has 0 aliphatic heterocycles.